The van der Waals surface area contributed by atoms with Gasteiger partial charge in [-0.2, -0.15) is 4.98 Å². The Morgan fingerprint density at radius 2 is 2.00 bits per heavy atom. The third kappa shape index (κ3) is 3.20. The lowest BCUT2D eigenvalue weighted by atomic mass is 10.2. The molecule has 0 saturated carbocycles. The fourth-order valence-corrected chi connectivity index (χ4v) is 1.76. The number of nitrogens with zero attached hydrogens (tertiary/aromatic N) is 2. The van der Waals surface area contributed by atoms with Crippen molar-refractivity contribution in [2.75, 3.05) is 0 Å². The molecule has 0 aliphatic rings. The molecule has 0 aliphatic carbocycles. The van der Waals surface area contributed by atoms with E-state index in [2.05, 4.69) is 9.97 Å². The number of hydrogen-bond donors (Lipinski definition) is 1. The van der Waals surface area contributed by atoms with E-state index in [1.54, 1.807) is 19.1 Å². The molecule has 2 aromatic rings. The Kier molecular flexibility index (Phi) is 3.66. The molecule has 0 unspecified atom stereocenters. The van der Waals surface area contributed by atoms with Crippen LogP contribution in [-0.4, -0.2) is 21.0 Å². The largest absolute Gasteiger partial charge is 0.477 e. The lowest BCUT2D eigenvalue weighted by Crippen LogP contribution is -2.04. The zero-order valence-electron chi connectivity index (χ0n) is 10.3. The van der Waals surface area contributed by atoms with E-state index in [0.717, 1.165) is 5.56 Å². The summed E-state index contributed by atoms with van der Waals surface area (Å²) < 4.78 is 5.42. The molecular formula is C13H11ClN2O3. The van der Waals surface area contributed by atoms with E-state index in [4.69, 9.17) is 21.4 Å². The molecule has 1 N–H and O–H groups in total. The third-order valence-corrected chi connectivity index (χ3v) is 2.64. The van der Waals surface area contributed by atoms with Gasteiger partial charge in [0, 0.05) is 5.69 Å². The molecule has 0 aliphatic heterocycles. The van der Waals surface area contributed by atoms with Gasteiger partial charge in [-0.3, -0.25) is 0 Å². The van der Waals surface area contributed by atoms with Crippen LogP contribution in [0.5, 0.6) is 11.8 Å². The van der Waals surface area contributed by atoms with E-state index in [0.29, 0.717) is 16.5 Å². The molecule has 1 aromatic carbocycles. The van der Waals surface area contributed by atoms with Gasteiger partial charge in [0.15, 0.2) is 5.69 Å². The van der Waals surface area contributed by atoms with Crippen molar-refractivity contribution >= 4 is 17.6 Å². The highest BCUT2D eigenvalue weighted by Crippen LogP contribution is 2.28. The summed E-state index contributed by atoms with van der Waals surface area (Å²) in [6.07, 6.45) is 0. The lowest BCUT2D eigenvalue weighted by molar-refractivity contribution is 0.0689. The first-order valence-electron chi connectivity index (χ1n) is 5.48. The predicted molar refractivity (Wildman–Crippen MR) is 70.0 cm³/mol. The van der Waals surface area contributed by atoms with Gasteiger partial charge in [-0.05, 0) is 37.6 Å². The molecule has 0 saturated heterocycles. The predicted octanol–water partition coefficient (Wildman–Crippen LogP) is 3.24. The molecule has 0 spiro atoms. The molecule has 0 atom stereocenters. The number of carboxylic acids is 1. The molecule has 5 nitrogen and oxygen atoms in total. The van der Waals surface area contributed by atoms with Crippen molar-refractivity contribution in [3.05, 3.63) is 46.2 Å². The summed E-state index contributed by atoms with van der Waals surface area (Å²) in [5, 5.41) is 9.34. The van der Waals surface area contributed by atoms with Gasteiger partial charge in [0.2, 0.25) is 0 Å². The zero-order valence-corrected chi connectivity index (χ0v) is 11.1. The van der Waals surface area contributed by atoms with E-state index in [1.807, 2.05) is 13.0 Å². The fourth-order valence-electron chi connectivity index (χ4n) is 1.48. The molecule has 0 amide bonds. The minimum Gasteiger partial charge on any atom is -0.477 e. The summed E-state index contributed by atoms with van der Waals surface area (Å²) in [7, 11) is 0. The van der Waals surface area contributed by atoms with Crippen LogP contribution in [0.15, 0.2) is 24.3 Å². The lowest BCUT2D eigenvalue weighted by Gasteiger charge is -2.07. The summed E-state index contributed by atoms with van der Waals surface area (Å²) in [6.45, 7) is 3.57. The standard InChI is InChI=1S/C13H11ClN2O3/c1-7-3-4-11(9(14)5-7)19-13-15-8(2)6-10(16-13)12(17)18/h3-6H,1-2H3,(H,17,18). The van der Waals surface area contributed by atoms with Crippen molar-refractivity contribution in [3.8, 4) is 11.8 Å². The maximum Gasteiger partial charge on any atom is 0.354 e. The smallest absolute Gasteiger partial charge is 0.354 e. The monoisotopic (exact) mass is 278 g/mol. The van der Waals surface area contributed by atoms with Crippen molar-refractivity contribution in [1.82, 2.24) is 9.97 Å². The third-order valence-electron chi connectivity index (χ3n) is 2.34. The summed E-state index contributed by atoms with van der Waals surface area (Å²) in [5.41, 5.74) is 1.38. The molecule has 2 rings (SSSR count). The first kappa shape index (κ1) is 13.3. The van der Waals surface area contributed by atoms with Crippen LogP contribution in [0.25, 0.3) is 0 Å². The highest BCUT2D eigenvalue weighted by Gasteiger charge is 2.11. The molecule has 1 aromatic heterocycles. The summed E-state index contributed by atoms with van der Waals surface area (Å²) in [6, 6.07) is 6.58. The van der Waals surface area contributed by atoms with Crippen molar-refractivity contribution in [2.24, 2.45) is 0 Å². The number of carboxylic acid groups (broad SMARTS) is 1. The molecule has 0 bridgehead atoms. The second-order valence-electron chi connectivity index (χ2n) is 4.02. The average Bonchev–Trinajstić information content (AvgIpc) is 2.32. The number of ether oxygens (including phenoxy) is 1. The van der Waals surface area contributed by atoms with Crippen LogP contribution in [0.2, 0.25) is 5.02 Å². The maximum absolute atomic E-state index is 10.9. The van der Waals surface area contributed by atoms with Gasteiger partial charge in [0.1, 0.15) is 5.75 Å². The van der Waals surface area contributed by atoms with Crippen LogP contribution >= 0.6 is 11.6 Å². The number of aryl methyl sites for hydroxylation is 2. The summed E-state index contributed by atoms with van der Waals surface area (Å²) in [4.78, 5) is 18.7. The quantitative estimate of drug-likeness (QED) is 0.933. The van der Waals surface area contributed by atoms with Gasteiger partial charge >= 0.3 is 12.0 Å². The van der Waals surface area contributed by atoms with E-state index in [-0.39, 0.29) is 11.7 Å². The van der Waals surface area contributed by atoms with Crippen LogP contribution in [0, 0.1) is 13.8 Å². The Morgan fingerprint density at radius 3 is 2.63 bits per heavy atom. The van der Waals surface area contributed by atoms with Crippen LogP contribution < -0.4 is 4.74 Å². The van der Waals surface area contributed by atoms with Gasteiger partial charge in [0.25, 0.3) is 0 Å². The SMILES string of the molecule is Cc1ccc(Oc2nc(C)cc(C(=O)O)n2)c(Cl)c1. The topological polar surface area (TPSA) is 72.3 Å². The zero-order chi connectivity index (χ0) is 14.0. The fraction of sp³-hybridized carbons (Fsp3) is 0.154. The van der Waals surface area contributed by atoms with Gasteiger partial charge in [-0.15, -0.1) is 0 Å². The minimum atomic E-state index is -1.13. The number of halogens is 1. The van der Waals surface area contributed by atoms with Gasteiger partial charge in [0.05, 0.1) is 5.02 Å². The van der Waals surface area contributed by atoms with E-state index < -0.39 is 5.97 Å². The molecule has 1 heterocycles. The summed E-state index contributed by atoms with van der Waals surface area (Å²) >= 11 is 6.02. The minimum absolute atomic E-state index is 0.0387. The highest BCUT2D eigenvalue weighted by atomic mass is 35.5. The van der Waals surface area contributed by atoms with Crippen LogP contribution in [-0.2, 0) is 0 Å². The first-order valence-corrected chi connectivity index (χ1v) is 5.86. The van der Waals surface area contributed by atoms with Crippen molar-refractivity contribution < 1.29 is 14.6 Å². The van der Waals surface area contributed by atoms with Crippen LogP contribution in [0.4, 0.5) is 0 Å². The Bertz CT molecular complexity index is 644. The molecule has 0 fully saturated rings. The Morgan fingerprint density at radius 1 is 1.26 bits per heavy atom. The maximum atomic E-state index is 10.9. The Labute approximate surface area is 114 Å². The van der Waals surface area contributed by atoms with Crippen molar-refractivity contribution in [2.45, 2.75) is 13.8 Å². The molecule has 6 heteroatoms. The van der Waals surface area contributed by atoms with Gasteiger partial charge in [-0.1, -0.05) is 17.7 Å². The molecule has 98 valence electrons. The number of hydrogen-bond acceptors (Lipinski definition) is 4. The van der Waals surface area contributed by atoms with Crippen LogP contribution in [0.1, 0.15) is 21.7 Å². The Hall–Kier alpha value is -2.14. The second kappa shape index (κ2) is 5.24. The highest BCUT2D eigenvalue weighted by molar-refractivity contribution is 6.32. The molecule has 0 radical (unpaired) electrons. The second-order valence-corrected chi connectivity index (χ2v) is 4.43. The number of carbonyl (C=O) groups is 1. The summed E-state index contributed by atoms with van der Waals surface area (Å²) in [5.74, 6) is -0.750. The van der Waals surface area contributed by atoms with Gasteiger partial charge in [-0.25, -0.2) is 9.78 Å². The van der Waals surface area contributed by atoms with E-state index in [1.165, 1.54) is 6.07 Å². The van der Waals surface area contributed by atoms with E-state index in [9.17, 15) is 4.79 Å². The normalized spacial score (nSPS) is 10.3. The molecular weight excluding hydrogens is 268 g/mol. The first-order chi connectivity index (χ1) is 8.95. The van der Waals surface area contributed by atoms with Crippen molar-refractivity contribution in [1.29, 1.82) is 0 Å². The average molecular weight is 279 g/mol. The number of aromatic carboxylic acids is 1. The number of benzene rings is 1. The van der Waals surface area contributed by atoms with E-state index >= 15 is 0 Å². The van der Waals surface area contributed by atoms with Gasteiger partial charge < -0.3 is 9.84 Å². The van der Waals surface area contributed by atoms with Crippen LogP contribution in [0.3, 0.4) is 0 Å². The Balaban J connectivity index is 2.35. The van der Waals surface area contributed by atoms with Crippen molar-refractivity contribution in [3.63, 3.8) is 0 Å². The number of aromatic nitrogens is 2. The molecule has 19 heavy (non-hydrogen) atoms. The number of rotatable bonds is 3.